The summed E-state index contributed by atoms with van der Waals surface area (Å²) in [6.07, 6.45) is 0. The molecular weight excluding hydrogens is 327 g/mol. The van der Waals surface area contributed by atoms with Crippen molar-refractivity contribution in [2.24, 2.45) is 0 Å². The van der Waals surface area contributed by atoms with Crippen LogP contribution in [0, 0.1) is 15.9 Å². The van der Waals surface area contributed by atoms with Gasteiger partial charge in [-0.15, -0.1) is 0 Å². The van der Waals surface area contributed by atoms with Crippen LogP contribution in [0.4, 0.5) is 26.2 Å². The number of para-hydroxylation sites is 3. The Hall–Kier alpha value is -3.16. The van der Waals surface area contributed by atoms with Crippen LogP contribution in [0.3, 0.4) is 0 Å². The van der Waals surface area contributed by atoms with E-state index < -0.39 is 10.7 Å². The maximum absolute atomic E-state index is 13.6. The van der Waals surface area contributed by atoms with Gasteiger partial charge in [0, 0.05) is 32.2 Å². The highest BCUT2D eigenvalue weighted by molar-refractivity contribution is 5.89. The van der Waals surface area contributed by atoms with E-state index in [0.29, 0.717) is 31.9 Å². The van der Waals surface area contributed by atoms with Crippen molar-refractivity contribution in [2.75, 3.05) is 36.4 Å². The number of nitro groups is 1. The fraction of sp³-hybridized carbons (Fsp3) is 0.235. The molecule has 1 aliphatic rings. The molecule has 0 spiro atoms. The molecule has 0 aromatic heterocycles. The molecule has 1 fully saturated rings. The van der Waals surface area contributed by atoms with E-state index in [0.717, 1.165) is 0 Å². The first-order valence-electron chi connectivity index (χ1n) is 7.85. The highest BCUT2D eigenvalue weighted by Gasteiger charge is 2.25. The molecule has 0 unspecified atom stereocenters. The minimum Gasteiger partial charge on any atom is -0.362 e. The third kappa shape index (κ3) is 3.68. The third-order valence-corrected chi connectivity index (χ3v) is 4.10. The Bertz CT molecular complexity index is 791. The lowest BCUT2D eigenvalue weighted by molar-refractivity contribution is -0.384. The highest BCUT2D eigenvalue weighted by Crippen LogP contribution is 2.28. The van der Waals surface area contributed by atoms with Gasteiger partial charge in [-0.3, -0.25) is 10.1 Å². The number of anilines is 2. The molecule has 130 valence electrons. The SMILES string of the molecule is O=C(Nc1ccccc1F)N1CCN(c2ccccc2[N+](=O)[O-])CC1. The van der Waals surface area contributed by atoms with Crippen LogP contribution < -0.4 is 10.2 Å². The van der Waals surface area contributed by atoms with Crippen molar-refractivity contribution >= 4 is 23.1 Å². The summed E-state index contributed by atoms with van der Waals surface area (Å²) >= 11 is 0. The van der Waals surface area contributed by atoms with E-state index in [9.17, 15) is 19.3 Å². The van der Waals surface area contributed by atoms with Crippen molar-refractivity contribution in [2.45, 2.75) is 0 Å². The van der Waals surface area contributed by atoms with Crippen LogP contribution in [-0.4, -0.2) is 42.0 Å². The number of hydrogen-bond donors (Lipinski definition) is 1. The summed E-state index contributed by atoms with van der Waals surface area (Å²) < 4.78 is 13.6. The number of carbonyl (C=O) groups is 1. The van der Waals surface area contributed by atoms with Crippen LogP contribution in [0.1, 0.15) is 0 Å². The second-order valence-corrected chi connectivity index (χ2v) is 5.63. The van der Waals surface area contributed by atoms with Crippen LogP contribution in [0.15, 0.2) is 48.5 Å². The van der Waals surface area contributed by atoms with Crippen molar-refractivity contribution in [3.05, 3.63) is 64.5 Å². The number of piperazine rings is 1. The molecule has 1 N–H and O–H groups in total. The zero-order chi connectivity index (χ0) is 17.8. The van der Waals surface area contributed by atoms with E-state index in [1.54, 1.807) is 35.2 Å². The molecule has 2 aromatic carbocycles. The summed E-state index contributed by atoms with van der Waals surface area (Å²) in [7, 11) is 0. The number of rotatable bonds is 3. The largest absolute Gasteiger partial charge is 0.362 e. The Morgan fingerprint density at radius 3 is 2.36 bits per heavy atom. The molecule has 1 saturated heterocycles. The van der Waals surface area contributed by atoms with Gasteiger partial charge in [0.25, 0.3) is 5.69 Å². The summed E-state index contributed by atoms with van der Waals surface area (Å²) in [5, 5.41) is 13.7. The van der Waals surface area contributed by atoms with Gasteiger partial charge in [0.1, 0.15) is 11.5 Å². The molecule has 2 aromatic rings. The average molecular weight is 344 g/mol. The molecule has 1 aliphatic heterocycles. The summed E-state index contributed by atoms with van der Waals surface area (Å²) in [5.74, 6) is -0.491. The molecule has 25 heavy (non-hydrogen) atoms. The Kier molecular flexibility index (Phi) is 4.78. The maximum Gasteiger partial charge on any atom is 0.322 e. The highest BCUT2D eigenvalue weighted by atomic mass is 19.1. The van der Waals surface area contributed by atoms with E-state index >= 15 is 0 Å². The van der Waals surface area contributed by atoms with Gasteiger partial charge in [-0.1, -0.05) is 24.3 Å². The topological polar surface area (TPSA) is 78.7 Å². The lowest BCUT2D eigenvalue weighted by Crippen LogP contribution is -2.50. The fourth-order valence-corrected chi connectivity index (χ4v) is 2.79. The molecule has 8 heteroatoms. The second kappa shape index (κ2) is 7.16. The first kappa shape index (κ1) is 16.7. The number of halogens is 1. The van der Waals surface area contributed by atoms with Crippen molar-refractivity contribution in [1.82, 2.24) is 4.90 Å². The summed E-state index contributed by atoms with van der Waals surface area (Å²) in [5.41, 5.74) is 0.724. The maximum atomic E-state index is 13.6. The van der Waals surface area contributed by atoms with E-state index in [1.165, 1.54) is 18.2 Å². The number of carbonyl (C=O) groups excluding carboxylic acids is 1. The number of nitrogens with zero attached hydrogens (tertiary/aromatic N) is 3. The van der Waals surface area contributed by atoms with Crippen molar-refractivity contribution < 1.29 is 14.1 Å². The van der Waals surface area contributed by atoms with Gasteiger partial charge in [0.05, 0.1) is 10.6 Å². The Morgan fingerprint density at radius 1 is 1.04 bits per heavy atom. The van der Waals surface area contributed by atoms with Gasteiger partial charge in [-0.2, -0.15) is 0 Å². The Morgan fingerprint density at radius 2 is 1.68 bits per heavy atom. The molecule has 0 atom stereocenters. The van der Waals surface area contributed by atoms with Crippen LogP contribution >= 0.6 is 0 Å². The predicted octanol–water partition coefficient (Wildman–Crippen LogP) is 3.09. The lowest BCUT2D eigenvalue weighted by Gasteiger charge is -2.35. The number of nitro benzene ring substituents is 1. The number of nitrogens with one attached hydrogen (secondary N) is 1. The third-order valence-electron chi connectivity index (χ3n) is 4.10. The normalized spacial score (nSPS) is 14.3. The minimum atomic E-state index is -0.491. The standard InChI is InChI=1S/C17H17FN4O3/c18-13-5-1-2-6-14(13)19-17(23)21-11-9-20(10-12-21)15-7-3-4-8-16(15)22(24)25/h1-8H,9-12H2,(H,19,23). The van der Waals surface area contributed by atoms with Gasteiger partial charge < -0.3 is 15.1 Å². The van der Waals surface area contributed by atoms with Crippen molar-refractivity contribution in [1.29, 1.82) is 0 Å². The predicted molar refractivity (Wildman–Crippen MR) is 92.3 cm³/mol. The molecule has 0 aliphatic carbocycles. The Labute approximate surface area is 143 Å². The van der Waals surface area contributed by atoms with E-state index in [1.807, 2.05) is 4.90 Å². The molecule has 0 bridgehead atoms. The zero-order valence-corrected chi connectivity index (χ0v) is 13.4. The number of amides is 2. The van der Waals surface area contributed by atoms with Gasteiger partial charge in [-0.25, -0.2) is 9.18 Å². The number of benzene rings is 2. The lowest BCUT2D eigenvalue weighted by atomic mass is 10.2. The molecule has 1 heterocycles. The van der Waals surface area contributed by atoms with Gasteiger partial charge in [0.15, 0.2) is 0 Å². The molecule has 3 rings (SSSR count). The number of hydrogen-bond acceptors (Lipinski definition) is 4. The average Bonchev–Trinajstić information content (AvgIpc) is 2.63. The Balaban J connectivity index is 1.63. The fourth-order valence-electron chi connectivity index (χ4n) is 2.79. The van der Waals surface area contributed by atoms with E-state index in [2.05, 4.69) is 5.32 Å². The number of urea groups is 1. The van der Waals surface area contributed by atoms with E-state index in [4.69, 9.17) is 0 Å². The summed E-state index contributed by atoms with van der Waals surface area (Å²) in [6, 6.07) is 12.1. The van der Waals surface area contributed by atoms with Gasteiger partial charge >= 0.3 is 6.03 Å². The molecule has 0 radical (unpaired) electrons. The first-order chi connectivity index (χ1) is 12.1. The molecule has 2 amide bonds. The van der Waals surface area contributed by atoms with E-state index in [-0.39, 0.29) is 17.4 Å². The zero-order valence-electron chi connectivity index (χ0n) is 13.4. The van der Waals surface area contributed by atoms with Gasteiger partial charge in [-0.05, 0) is 18.2 Å². The molecule has 0 saturated carbocycles. The van der Waals surface area contributed by atoms with Crippen molar-refractivity contribution in [3.63, 3.8) is 0 Å². The van der Waals surface area contributed by atoms with Crippen LogP contribution in [0.2, 0.25) is 0 Å². The van der Waals surface area contributed by atoms with Crippen molar-refractivity contribution in [3.8, 4) is 0 Å². The van der Waals surface area contributed by atoms with Crippen LogP contribution in [-0.2, 0) is 0 Å². The summed E-state index contributed by atoms with van der Waals surface area (Å²) in [4.78, 5) is 26.4. The first-order valence-corrected chi connectivity index (χ1v) is 7.85. The monoisotopic (exact) mass is 344 g/mol. The summed E-state index contributed by atoms with van der Waals surface area (Å²) in [6.45, 7) is 1.73. The van der Waals surface area contributed by atoms with Gasteiger partial charge in [0.2, 0.25) is 0 Å². The molecular formula is C17H17FN4O3. The quantitative estimate of drug-likeness (QED) is 0.685. The minimum absolute atomic E-state index is 0.0479. The van der Waals surface area contributed by atoms with Crippen LogP contribution in [0.5, 0.6) is 0 Å². The second-order valence-electron chi connectivity index (χ2n) is 5.63. The van der Waals surface area contributed by atoms with Crippen LogP contribution in [0.25, 0.3) is 0 Å². The smallest absolute Gasteiger partial charge is 0.322 e. The molecule has 7 nitrogen and oxygen atoms in total.